The van der Waals surface area contributed by atoms with Gasteiger partial charge in [0.2, 0.25) is 0 Å². The molecule has 2 amide bonds. The van der Waals surface area contributed by atoms with E-state index in [1.807, 2.05) is 4.90 Å². The normalized spacial score (nSPS) is 21.4. The highest BCUT2D eigenvalue weighted by Gasteiger charge is 2.44. The topological polar surface area (TPSA) is 85.9 Å². The average molecular weight is 461 g/mol. The van der Waals surface area contributed by atoms with Gasteiger partial charge < -0.3 is 20.1 Å². The highest BCUT2D eigenvalue weighted by atomic mass is 19.1. The summed E-state index contributed by atoms with van der Waals surface area (Å²) in [7, 11) is 0. The fourth-order valence-electron chi connectivity index (χ4n) is 4.31. The molecule has 0 aromatic heterocycles. The number of nitrogens with one attached hydrogen (secondary N) is 3. The van der Waals surface area contributed by atoms with E-state index in [-0.39, 0.29) is 30.0 Å². The van der Waals surface area contributed by atoms with Gasteiger partial charge in [-0.25, -0.2) is 14.6 Å². The minimum atomic E-state index is -1.02. The predicted octanol–water partition coefficient (Wildman–Crippen LogP) is 3.69. The predicted molar refractivity (Wildman–Crippen MR) is 125 cm³/mol. The number of benzene rings is 1. The molecule has 2 aliphatic carbocycles. The van der Waals surface area contributed by atoms with Gasteiger partial charge in [0.25, 0.3) is 0 Å². The van der Waals surface area contributed by atoms with Crippen LogP contribution in [-0.4, -0.2) is 47.4 Å². The second-order valence-corrected chi connectivity index (χ2v) is 10.3. The summed E-state index contributed by atoms with van der Waals surface area (Å²) in [4.78, 5) is 14.1. The number of rotatable bonds is 12. The Morgan fingerprint density at radius 1 is 1.27 bits per heavy atom. The molecule has 3 aliphatic rings. The number of urea groups is 1. The van der Waals surface area contributed by atoms with Gasteiger partial charge >= 0.3 is 6.03 Å². The van der Waals surface area contributed by atoms with Crippen LogP contribution in [0.3, 0.4) is 0 Å². The van der Waals surface area contributed by atoms with Crippen LogP contribution in [0.4, 0.5) is 9.18 Å². The van der Waals surface area contributed by atoms with Gasteiger partial charge in [0, 0.05) is 18.8 Å². The third kappa shape index (κ3) is 6.05. The van der Waals surface area contributed by atoms with E-state index >= 15 is 0 Å². The molecule has 4 N–H and O–H groups in total. The van der Waals surface area contributed by atoms with Gasteiger partial charge in [0.15, 0.2) is 11.6 Å². The van der Waals surface area contributed by atoms with E-state index in [9.17, 15) is 14.3 Å². The SMILES string of the molecule is CC1C(=C2CC2)NC(=O)N1CCCCCNNC1(c2ccc(F)c(OCC(C)(C)O)c2)CC1. The zero-order valence-corrected chi connectivity index (χ0v) is 20.0. The number of carbonyl (C=O) groups excluding carboxylic acids is 1. The lowest BCUT2D eigenvalue weighted by atomic mass is 10.0. The molecule has 1 aromatic carbocycles. The average Bonchev–Trinajstić information content (AvgIpc) is 3.67. The minimum absolute atomic E-state index is 0.0304. The van der Waals surface area contributed by atoms with E-state index in [4.69, 9.17) is 4.74 Å². The molecule has 2 saturated carbocycles. The molecule has 1 aliphatic heterocycles. The number of carbonyl (C=O) groups is 1. The van der Waals surface area contributed by atoms with Crippen LogP contribution in [0.2, 0.25) is 0 Å². The lowest BCUT2D eigenvalue weighted by molar-refractivity contribution is 0.0271. The Morgan fingerprint density at radius 2 is 2.03 bits per heavy atom. The Labute approximate surface area is 195 Å². The highest BCUT2D eigenvalue weighted by molar-refractivity contribution is 5.81. The minimum Gasteiger partial charge on any atom is -0.488 e. The summed E-state index contributed by atoms with van der Waals surface area (Å²) in [5.41, 5.74) is 9.05. The second-order valence-electron chi connectivity index (χ2n) is 10.3. The summed E-state index contributed by atoms with van der Waals surface area (Å²) in [6.45, 7) is 7.00. The molecule has 7 nitrogen and oxygen atoms in total. The number of hydrazine groups is 1. The van der Waals surface area contributed by atoms with Crippen LogP contribution < -0.4 is 20.9 Å². The maximum atomic E-state index is 14.1. The van der Waals surface area contributed by atoms with Crippen LogP contribution >= 0.6 is 0 Å². The largest absolute Gasteiger partial charge is 0.488 e. The Morgan fingerprint density at radius 3 is 2.70 bits per heavy atom. The monoisotopic (exact) mass is 460 g/mol. The smallest absolute Gasteiger partial charge is 0.322 e. The van der Waals surface area contributed by atoms with Crippen molar-refractivity contribution in [3.63, 3.8) is 0 Å². The van der Waals surface area contributed by atoms with E-state index in [0.717, 1.165) is 69.3 Å². The number of nitrogens with zero attached hydrogens (tertiary/aromatic N) is 1. The van der Waals surface area contributed by atoms with Crippen molar-refractivity contribution >= 4 is 6.03 Å². The Bertz CT molecular complexity index is 901. The van der Waals surface area contributed by atoms with E-state index in [0.29, 0.717) is 0 Å². The molecule has 0 bridgehead atoms. The molecule has 33 heavy (non-hydrogen) atoms. The van der Waals surface area contributed by atoms with Gasteiger partial charge in [-0.05, 0) is 82.6 Å². The summed E-state index contributed by atoms with van der Waals surface area (Å²) >= 11 is 0. The first-order valence-electron chi connectivity index (χ1n) is 12.1. The lowest BCUT2D eigenvalue weighted by Gasteiger charge is -2.22. The Hall–Kier alpha value is -2.16. The molecular weight excluding hydrogens is 423 g/mol. The van der Waals surface area contributed by atoms with Crippen LogP contribution in [0.15, 0.2) is 29.5 Å². The van der Waals surface area contributed by atoms with Crippen LogP contribution in [0.1, 0.15) is 71.3 Å². The fraction of sp³-hybridized carbons (Fsp3) is 0.640. The van der Waals surface area contributed by atoms with Crippen molar-refractivity contribution < 1.29 is 19.0 Å². The number of hydrogen-bond donors (Lipinski definition) is 4. The summed E-state index contributed by atoms with van der Waals surface area (Å²) in [5.74, 6) is -0.253. The van der Waals surface area contributed by atoms with Crippen molar-refractivity contribution in [2.24, 2.45) is 0 Å². The number of halogens is 1. The van der Waals surface area contributed by atoms with Gasteiger partial charge in [-0.1, -0.05) is 12.5 Å². The molecule has 0 spiro atoms. The zero-order valence-electron chi connectivity index (χ0n) is 20.0. The number of ether oxygens (including phenoxy) is 1. The fourth-order valence-corrected chi connectivity index (χ4v) is 4.31. The van der Waals surface area contributed by atoms with Crippen molar-refractivity contribution in [3.05, 3.63) is 40.8 Å². The molecule has 1 aromatic rings. The summed E-state index contributed by atoms with van der Waals surface area (Å²) in [6, 6.07) is 5.17. The molecule has 3 fully saturated rings. The van der Waals surface area contributed by atoms with Gasteiger partial charge in [-0.3, -0.25) is 5.43 Å². The number of hydrogen-bond acceptors (Lipinski definition) is 5. The van der Waals surface area contributed by atoms with Crippen LogP contribution in [-0.2, 0) is 5.54 Å². The lowest BCUT2D eigenvalue weighted by Crippen LogP contribution is -2.41. The standard InChI is InChI=1S/C25H37FN4O3/c1-17-22(18-7-8-18)28-23(31)30(17)14-6-4-5-13-27-29-25(11-12-25)19-9-10-20(26)21(15-19)33-16-24(2,3)32/h9-10,15,17,27,29,32H,4-8,11-14,16H2,1-3H3,(H,28,31). The number of allylic oxidation sites excluding steroid dienone is 1. The van der Waals surface area contributed by atoms with Crippen molar-refractivity contribution in [1.29, 1.82) is 0 Å². The first-order valence-corrected chi connectivity index (χ1v) is 12.1. The maximum absolute atomic E-state index is 14.1. The van der Waals surface area contributed by atoms with Crippen LogP contribution in [0.25, 0.3) is 0 Å². The molecule has 1 saturated heterocycles. The molecule has 1 heterocycles. The number of amides is 2. The Balaban J connectivity index is 1.17. The molecule has 182 valence electrons. The highest BCUT2D eigenvalue weighted by Crippen LogP contribution is 2.46. The van der Waals surface area contributed by atoms with E-state index in [2.05, 4.69) is 23.1 Å². The van der Waals surface area contributed by atoms with Gasteiger partial charge in [-0.15, -0.1) is 0 Å². The molecule has 0 radical (unpaired) electrons. The molecule has 4 rings (SSSR count). The molecule has 8 heteroatoms. The zero-order chi connectivity index (χ0) is 23.6. The Kier molecular flexibility index (Phi) is 6.98. The molecule has 1 atom stereocenters. The van der Waals surface area contributed by atoms with E-state index in [1.165, 1.54) is 11.6 Å². The quantitative estimate of drug-likeness (QED) is 0.282. The van der Waals surface area contributed by atoms with E-state index in [1.54, 1.807) is 26.0 Å². The van der Waals surface area contributed by atoms with Crippen molar-refractivity contribution in [1.82, 2.24) is 21.1 Å². The van der Waals surface area contributed by atoms with Crippen molar-refractivity contribution in [3.8, 4) is 5.75 Å². The van der Waals surface area contributed by atoms with Crippen LogP contribution in [0, 0.1) is 5.82 Å². The third-order valence-electron chi connectivity index (χ3n) is 6.61. The third-order valence-corrected chi connectivity index (χ3v) is 6.61. The van der Waals surface area contributed by atoms with E-state index < -0.39 is 11.4 Å². The molecular formula is C25H37FN4O3. The summed E-state index contributed by atoms with van der Waals surface area (Å²) in [5, 5.41) is 12.9. The molecule has 1 unspecified atom stereocenters. The number of aliphatic hydroxyl groups is 1. The second kappa shape index (κ2) is 9.60. The summed E-state index contributed by atoms with van der Waals surface area (Å²) < 4.78 is 19.6. The van der Waals surface area contributed by atoms with Gasteiger partial charge in [-0.2, -0.15) is 0 Å². The van der Waals surface area contributed by atoms with Crippen molar-refractivity contribution in [2.75, 3.05) is 19.7 Å². The first-order chi connectivity index (χ1) is 15.7. The maximum Gasteiger partial charge on any atom is 0.322 e. The van der Waals surface area contributed by atoms with Crippen LogP contribution in [0.5, 0.6) is 5.75 Å². The number of unbranched alkanes of at least 4 members (excludes halogenated alkanes) is 2. The van der Waals surface area contributed by atoms with Crippen molar-refractivity contribution in [2.45, 2.75) is 82.9 Å². The summed E-state index contributed by atoms with van der Waals surface area (Å²) in [6.07, 6.45) is 7.21. The van der Waals surface area contributed by atoms with Gasteiger partial charge in [0.05, 0.1) is 17.2 Å². The first kappa shape index (κ1) is 24.0. The van der Waals surface area contributed by atoms with Gasteiger partial charge in [0.1, 0.15) is 6.61 Å².